The van der Waals surface area contributed by atoms with Gasteiger partial charge in [0.25, 0.3) is 0 Å². The van der Waals surface area contributed by atoms with Crippen molar-refractivity contribution < 1.29 is 9.59 Å². The van der Waals surface area contributed by atoms with Crippen molar-refractivity contribution >= 4 is 11.8 Å². The van der Waals surface area contributed by atoms with E-state index in [-0.39, 0.29) is 11.8 Å². The maximum atomic E-state index is 12.0. The predicted molar refractivity (Wildman–Crippen MR) is 72.2 cm³/mol. The first-order valence-corrected chi connectivity index (χ1v) is 6.33. The average Bonchev–Trinajstić information content (AvgIpc) is 2.36. The van der Waals surface area contributed by atoms with Gasteiger partial charge in [-0.2, -0.15) is 0 Å². The molecule has 0 saturated carbocycles. The predicted octanol–water partition coefficient (Wildman–Crippen LogP) is 0.0810. The van der Waals surface area contributed by atoms with Crippen molar-refractivity contribution in [3.05, 3.63) is 35.4 Å². The molecule has 1 aromatic carbocycles. The van der Waals surface area contributed by atoms with Crippen molar-refractivity contribution in [3.8, 4) is 0 Å². The van der Waals surface area contributed by atoms with Gasteiger partial charge >= 0.3 is 0 Å². The van der Waals surface area contributed by atoms with Gasteiger partial charge in [0.2, 0.25) is 11.8 Å². The van der Waals surface area contributed by atoms with Crippen molar-refractivity contribution in [2.45, 2.75) is 38.4 Å². The Kier molecular flexibility index (Phi) is 3.57. The van der Waals surface area contributed by atoms with Crippen molar-refractivity contribution in [2.75, 3.05) is 0 Å². The summed E-state index contributed by atoms with van der Waals surface area (Å²) >= 11 is 0. The summed E-state index contributed by atoms with van der Waals surface area (Å²) < 4.78 is 0. The molecule has 0 bridgehead atoms. The van der Waals surface area contributed by atoms with Gasteiger partial charge in [-0.3, -0.25) is 9.59 Å². The molecule has 0 radical (unpaired) electrons. The minimum atomic E-state index is -0.841. The molecule has 0 aliphatic carbocycles. The molecule has 1 aromatic rings. The highest BCUT2D eigenvalue weighted by Gasteiger charge is 2.39. The largest absolute Gasteiger partial charge is 0.342 e. The monoisotopic (exact) mass is 261 g/mol. The third-order valence-corrected chi connectivity index (χ3v) is 3.29. The average molecular weight is 261 g/mol. The SMILES string of the molecule is CC1(C)NC(=O)C(Cc2cccc(CN)c2)NC1=O. The first-order valence-electron chi connectivity index (χ1n) is 6.33. The fourth-order valence-electron chi connectivity index (χ4n) is 2.12. The Bertz CT molecular complexity index is 511. The Morgan fingerprint density at radius 1 is 1.26 bits per heavy atom. The summed E-state index contributed by atoms with van der Waals surface area (Å²) in [5, 5.41) is 5.49. The molecule has 1 saturated heterocycles. The van der Waals surface area contributed by atoms with Gasteiger partial charge in [-0.15, -0.1) is 0 Å². The molecule has 19 heavy (non-hydrogen) atoms. The van der Waals surface area contributed by atoms with Gasteiger partial charge < -0.3 is 16.4 Å². The third-order valence-electron chi connectivity index (χ3n) is 3.29. The maximum absolute atomic E-state index is 12.0. The highest BCUT2D eigenvalue weighted by atomic mass is 16.2. The van der Waals surface area contributed by atoms with E-state index >= 15 is 0 Å². The lowest BCUT2D eigenvalue weighted by molar-refractivity contribution is -0.140. The van der Waals surface area contributed by atoms with Crippen LogP contribution in [0.4, 0.5) is 0 Å². The fourth-order valence-corrected chi connectivity index (χ4v) is 2.12. The van der Waals surface area contributed by atoms with E-state index in [0.29, 0.717) is 13.0 Å². The highest BCUT2D eigenvalue weighted by molar-refractivity contribution is 5.99. The topological polar surface area (TPSA) is 84.2 Å². The molecular weight excluding hydrogens is 242 g/mol. The molecule has 1 atom stereocenters. The van der Waals surface area contributed by atoms with Gasteiger partial charge in [0, 0.05) is 13.0 Å². The normalized spacial score (nSPS) is 21.7. The number of rotatable bonds is 3. The van der Waals surface area contributed by atoms with Crippen LogP contribution in [0.25, 0.3) is 0 Å². The van der Waals surface area contributed by atoms with Crippen LogP contribution in [0.1, 0.15) is 25.0 Å². The Hall–Kier alpha value is -1.88. The van der Waals surface area contributed by atoms with Gasteiger partial charge in [0.15, 0.2) is 0 Å². The number of benzene rings is 1. The molecule has 1 fully saturated rings. The van der Waals surface area contributed by atoms with Gasteiger partial charge in [-0.05, 0) is 25.0 Å². The molecule has 2 amide bonds. The number of hydrogen-bond donors (Lipinski definition) is 3. The standard InChI is InChI=1S/C14H19N3O2/c1-14(2)13(19)16-11(12(18)17-14)7-9-4-3-5-10(6-9)8-15/h3-6,11H,7-8,15H2,1-2H3,(H,16,19)(H,17,18). The number of carbonyl (C=O) groups is 2. The van der Waals surface area contributed by atoms with Crippen LogP contribution in [0.5, 0.6) is 0 Å². The van der Waals surface area contributed by atoms with Crippen LogP contribution in [-0.4, -0.2) is 23.4 Å². The molecule has 5 heteroatoms. The molecule has 102 valence electrons. The molecular formula is C14H19N3O2. The number of hydrogen-bond acceptors (Lipinski definition) is 3. The molecule has 1 unspecified atom stereocenters. The minimum absolute atomic E-state index is 0.150. The van der Waals surface area contributed by atoms with E-state index < -0.39 is 11.6 Å². The summed E-state index contributed by atoms with van der Waals surface area (Å²) in [6, 6.07) is 7.21. The zero-order chi connectivity index (χ0) is 14.0. The molecule has 5 nitrogen and oxygen atoms in total. The molecule has 1 aliphatic heterocycles. The fraction of sp³-hybridized carbons (Fsp3) is 0.429. The Labute approximate surface area is 112 Å². The molecule has 2 rings (SSSR count). The molecule has 0 spiro atoms. The van der Waals surface area contributed by atoms with E-state index in [1.807, 2.05) is 24.3 Å². The van der Waals surface area contributed by atoms with Gasteiger partial charge in [0.1, 0.15) is 11.6 Å². The van der Waals surface area contributed by atoms with Crippen LogP contribution in [-0.2, 0) is 22.6 Å². The van der Waals surface area contributed by atoms with E-state index in [9.17, 15) is 9.59 Å². The second-order valence-electron chi connectivity index (χ2n) is 5.37. The Morgan fingerprint density at radius 2 is 1.95 bits per heavy atom. The van der Waals surface area contributed by atoms with E-state index in [4.69, 9.17) is 5.73 Å². The van der Waals surface area contributed by atoms with Crippen molar-refractivity contribution in [1.82, 2.24) is 10.6 Å². The van der Waals surface area contributed by atoms with E-state index in [2.05, 4.69) is 10.6 Å². The number of nitrogens with two attached hydrogens (primary N) is 1. The van der Waals surface area contributed by atoms with Crippen LogP contribution in [0.2, 0.25) is 0 Å². The quantitative estimate of drug-likeness (QED) is 0.720. The summed E-state index contributed by atoms with van der Waals surface area (Å²) in [6.45, 7) is 3.83. The summed E-state index contributed by atoms with van der Waals surface area (Å²) in [6.07, 6.45) is 0.474. The number of carbonyl (C=O) groups excluding carboxylic acids is 2. The van der Waals surface area contributed by atoms with Crippen LogP contribution < -0.4 is 16.4 Å². The minimum Gasteiger partial charge on any atom is -0.342 e. The Balaban J connectivity index is 2.11. The lowest BCUT2D eigenvalue weighted by Crippen LogP contribution is -2.67. The third kappa shape index (κ3) is 2.93. The smallest absolute Gasteiger partial charge is 0.245 e. The summed E-state index contributed by atoms with van der Waals surface area (Å²) in [5.41, 5.74) is 6.75. The van der Waals surface area contributed by atoms with E-state index in [1.54, 1.807) is 13.8 Å². The van der Waals surface area contributed by atoms with E-state index in [0.717, 1.165) is 11.1 Å². The van der Waals surface area contributed by atoms with Gasteiger partial charge in [0.05, 0.1) is 0 Å². The Morgan fingerprint density at radius 3 is 2.63 bits per heavy atom. The summed E-state index contributed by atoms with van der Waals surface area (Å²) in [5.74, 6) is -0.310. The highest BCUT2D eigenvalue weighted by Crippen LogP contribution is 2.13. The first kappa shape index (κ1) is 13.5. The van der Waals surface area contributed by atoms with Crippen molar-refractivity contribution in [1.29, 1.82) is 0 Å². The zero-order valence-electron chi connectivity index (χ0n) is 11.2. The van der Waals surface area contributed by atoms with E-state index in [1.165, 1.54) is 0 Å². The van der Waals surface area contributed by atoms with Gasteiger partial charge in [-0.1, -0.05) is 24.3 Å². The molecule has 1 aliphatic rings. The lowest BCUT2D eigenvalue weighted by atomic mass is 9.95. The number of piperazine rings is 1. The van der Waals surface area contributed by atoms with Crippen LogP contribution in [0.15, 0.2) is 24.3 Å². The van der Waals surface area contributed by atoms with Crippen LogP contribution in [0, 0.1) is 0 Å². The van der Waals surface area contributed by atoms with Crippen LogP contribution >= 0.6 is 0 Å². The zero-order valence-corrected chi connectivity index (χ0v) is 11.2. The lowest BCUT2D eigenvalue weighted by Gasteiger charge is -2.34. The number of amides is 2. The summed E-state index contributed by atoms with van der Waals surface area (Å²) in [4.78, 5) is 23.8. The van der Waals surface area contributed by atoms with Crippen LogP contribution in [0.3, 0.4) is 0 Å². The maximum Gasteiger partial charge on any atom is 0.245 e. The van der Waals surface area contributed by atoms with Gasteiger partial charge in [-0.25, -0.2) is 0 Å². The molecule has 1 heterocycles. The second-order valence-corrected chi connectivity index (χ2v) is 5.37. The first-order chi connectivity index (χ1) is 8.92. The second kappa shape index (κ2) is 5.01. The molecule has 4 N–H and O–H groups in total. The van der Waals surface area contributed by atoms with Crippen molar-refractivity contribution in [3.63, 3.8) is 0 Å². The van der Waals surface area contributed by atoms with Crippen molar-refractivity contribution in [2.24, 2.45) is 5.73 Å². The summed E-state index contributed by atoms with van der Waals surface area (Å²) in [7, 11) is 0. The number of nitrogens with one attached hydrogen (secondary N) is 2. The molecule has 0 aromatic heterocycles.